The van der Waals surface area contributed by atoms with Gasteiger partial charge in [0, 0.05) is 11.5 Å². The molecule has 1 aromatic carbocycles. The number of carbonyl (C=O) groups excluding carboxylic acids is 1. The summed E-state index contributed by atoms with van der Waals surface area (Å²) in [5.41, 5.74) is 5.40. The van der Waals surface area contributed by atoms with E-state index in [-0.39, 0.29) is 5.92 Å². The molecular formula is C14H12F3NO. The third-order valence-corrected chi connectivity index (χ3v) is 2.98. The second kappa shape index (κ2) is 4.91. The zero-order valence-electron chi connectivity index (χ0n) is 9.95. The van der Waals surface area contributed by atoms with Crippen LogP contribution < -0.4 is 5.73 Å². The quantitative estimate of drug-likeness (QED) is 0.822. The van der Waals surface area contributed by atoms with Crippen LogP contribution in [0.25, 0.3) is 0 Å². The highest BCUT2D eigenvalue weighted by Crippen LogP contribution is 2.33. The highest BCUT2D eigenvalue weighted by atomic mass is 19.4. The number of rotatable bonds is 2. The molecule has 0 radical (unpaired) electrons. The van der Waals surface area contributed by atoms with Crippen molar-refractivity contribution in [3.05, 3.63) is 59.2 Å². The first-order valence-corrected chi connectivity index (χ1v) is 5.72. The van der Waals surface area contributed by atoms with Gasteiger partial charge in [0.1, 0.15) is 0 Å². The number of primary amides is 1. The smallest absolute Gasteiger partial charge is 0.366 e. The Morgan fingerprint density at radius 2 is 2.05 bits per heavy atom. The van der Waals surface area contributed by atoms with Crippen molar-refractivity contribution in [2.75, 3.05) is 0 Å². The summed E-state index contributed by atoms with van der Waals surface area (Å²) in [4.78, 5) is 11.1. The normalized spacial score (nSPS) is 19.1. The molecule has 2 rings (SSSR count). The van der Waals surface area contributed by atoms with Gasteiger partial charge in [-0.3, -0.25) is 4.79 Å². The second-order valence-corrected chi connectivity index (χ2v) is 4.34. The van der Waals surface area contributed by atoms with Gasteiger partial charge >= 0.3 is 6.18 Å². The average molecular weight is 267 g/mol. The lowest BCUT2D eigenvalue weighted by Crippen LogP contribution is -2.16. The monoisotopic (exact) mass is 267 g/mol. The molecule has 19 heavy (non-hydrogen) atoms. The molecule has 2 nitrogen and oxygen atoms in total. The molecule has 0 aliphatic heterocycles. The van der Waals surface area contributed by atoms with E-state index in [2.05, 4.69) is 0 Å². The minimum Gasteiger partial charge on any atom is -0.366 e. The largest absolute Gasteiger partial charge is 0.416 e. The Hall–Kier alpha value is -2.04. The molecule has 100 valence electrons. The van der Waals surface area contributed by atoms with Crippen LogP contribution in [0.15, 0.2) is 48.1 Å². The summed E-state index contributed by atoms with van der Waals surface area (Å²) in [7, 11) is 0. The van der Waals surface area contributed by atoms with Crippen molar-refractivity contribution in [1.29, 1.82) is 0 Å². The standard InChI is InChI=1S/C14H12F3NO/c15-14(16,17)12-6-2-4-10(8-12)9-3-1-5-11(7-9)13(18)19/h1-4,6-9H,5H2,(H2,18,19). The minimum absolute atomic E-state index is 0.349. The van der Waals surface area contributed by atoms with E-state index in [0.29, 0.717) is 17.6 Å². The van der Waals surface area contributed by atoms with Gasteiger partial charge in [-0.15, -0.1) is 0 Å². The lowest BCUT2D eigenvalue weighted by atomic mass is 9.90. The van der Waals surface area contributed by atoms with Crippen LogP contribution in [0.4, 0.5) is 13.2 Å². The van der Waals surface area contributed by atoms with Gasteiger partial charge in [0.25, 0.3) is 0 Å². The van der Waals surface area contributed by atoms with Crippen molar-refractivity contribution in [3.8, 4) is 0 Å². The molecule has 1 aliphatic rings. The number of benzene rings is 1. The first-order chi connectivity index (χ1) is 8.88. The van der Waals surface area contributed by atoms with Gasteiger partial charge in [0.05, 0.1) is 5.56 Å². The van der Waals surface area contributed by atoms with Crippen LogP contribution in [-0.4, -0.2) is 5.91 Å². The summed E-state index contributed by atoms with van der Waals surface area (Å²) in [6, 6.07) is 5.08. The van der Waals surface area contributed by atoms with Gasteiger partial charge in [-0.2, -0.15) is 13.2 Å². The summed E-state index contributed by atoms with van der Waals surface area (Å²) in [5, 5.41) is 0. The van der Waals surface area contributed by atoms with E-state index in [4.69, 9.17) is 5.73 Å². The van der Waals surface area contributed by atoms with Crippen molar-refractivity contribution in [3.63, 3.8) is 0 Å². The first kappa shape index (κ1) is 13.4. The fraction of sp³-hybridized carbons (Fsp3) is 0.214. The zero-order valence-corrected chi connectivity index (χ0v) is 9.95. The zero-order chi connectivity index (χ0) is 14.0. The maximum atomic E-state index is 12.6. The molecule has 1 amide bonds. The fourth-order valence-corrected chi connectivity index (χ4v) is 1.99. The lowest BCUT2D eigenvalue weighted by molar-refractivity contribution is -0.137. The predicted octanol–water partition coefficient (Wildman–Crippen LogP) is 3.16. The first-order valence-electron chi connectivity index (χ1n) is 5.72. The van der Waals surface area contributed by atoms with Crippen LogP contribution in [-0.2, 0) is 11.0 Å². The third-order valence-electron chi connectivity index (χ3n) is 2.98. The summed E-state index contributed by atoms with van der Waals surface area (Å²) >= 11 is 0. The molecule has 0 heterocycles. The van der Waals surface area contributed by atoms with E-state index in [0.717, 1.165) is 12.1 Å². The summed E-state index contributed by atoms with van der Waals surface area (Å²) < 4.78 is 37.9. The number of hydrogen-bond acceptors (Lipinski definition) is 1. The predicted molar refractivity (Wildman–Crippen MR) is 65.2 cm³/mol. The molecule has 0 fully saturated rings. The Balaban J connectivity index is 2.35. The molecule has 0 bridgehead atoms. The highest BCUT2D eigenvalue weighted by molar-refractivity contribution is 5.92. The van der Waals surface area contributed by atoms with E-state index < -0.39 is 17.6 Å². The average Bonchev–Trinajstić information content (AvgIpc) is 2.38. The number of alkyl halides is 3. The van der Waals surface area contributed by atoms with Crippen LogP contribution in [0.1, 0.15) is 23.5 Å². The van der Waals surface area contributed by atoms with E-state index in [1.54, 1.807) is 24.3 Å². The van der Waals surface area contributed by atoms with Gasteiger partial charge in [-0.05, 0) is 18.1 Å². The van der Waals surface area contributed by atoms with Crippen LogP contribution in [0.2, 0.25) is 0 Å². The molecule has 0 spiro atoms. The van der Waals surface area contributed by atoms with Gasteiger partial charge in [0.2, 0.25) is 5.91 Å². The summed E-state index contributed by atoms with van der Waals surface area (Å²) in [5.74, 6) is -0.889. The number of allylic oxidation sites excluding steroid dienone is 3. The van der Waals surface area contributed by atoms with Crippen LogP contribution in [0.3, 0.4) is 0 Å². The van der Waals surface area contributed by atoms with E-state index in [1.165, 1.54) is 6.07 Å². The summed E-state index contributed by atoms with van der Waals surface area (Å²) in [6.07, 6.45) is 1.17. The number of hydrogen-bond donors (Lipinski definition) is 1. The molecule has 1 atom stereocenters. The van der Waals surface area contributed by atoms with E-state index in [1.807, 2.05) is 0 Å². The van der Waals surface area contributed by atoms with Crippen molar-refractivity contribution in [1.82, 2.24) is 0 Å². The molecule has 0 aromatic heterocycles. The molecule has 1 aromatic rings. The Bertz CT molecular complexity index is 558. The topological polar surface area (TPSA) is 43.1 Å². The van der Waals surface area contributed by atoms with Crippen molar-refractivity contribution >= 4 is 5.91 Å². The van der Waals surface area contributed by atoms with Gasteiger partial charge in [0.15, 0.2) is 0 Å². The van der Waals surface area contributed by atoms with Crippen molar-refractivity contribution in [2.24, 2.45) is 5.73 Å². The van der Waals surface area contributed by atoms with E-state index >= 15 is 0 Å². The molecule has 0 saturated heterocycles. The molecule has 1 unspecified atom stereocenters. The maximum Gasteiger partial charge on any atom is 0.416 e. The van der Waals surface area contributed by atoms with Gasteiger partial charge in [-0.25, -0.2) is 0 Å². The molecule has 2 N–H and O–H groups in total. The van der Waals surface area contributed by atoms with Crippen LogP contribution in [0.5, 0.6) is 0 Å². The lowest BCUT2D eigenvalue weighted by Gasteiger charge is -2.16. The van der Waals surface area contributed by atoms with E-state index in [9.17, 15) is 18.0 Å². The highest BCUT2D eigenvalue weighted by Gasteiger charge is 2.30. The molecular weight excluding hydrogens is 255 g/mol. The Morgan fingerprint density at radius 1 is 1.32 bits per heavy atom. The minimum atomic E-state index is -4.37. The molecule has 1 aliphatic carbocycles. The van der Waals surface area contributed by atoms with Gasteiger partial charge < -0.3 is 5.73 Å². The van der Waals surface area contributed by atoms with Crippen molar-refractivity contribution < 1.29 is 18.0 Å². The van der Waals surface area contributed by atoms with Crippen LogP contribution in [0, 0.1) is 0 Å². The SMILES string of the molecule is NC(=O)C1=CC(c2cccc(C(F)(F)F)c2)C=CC1. The van der Waals surface area contributed by atoms with Gasteiger partial charge in [-0.1, -0.05) is 36.4 Å². The van der Waals surface area contributed by atoms with Crippen LogP contribution >= 0.6 is 0 Å². The number of carbonyl (C=O) groups is 1. The van der Waals surface area contributed by atoms with Crippen molar-refractivity contribution in [2.45, 2.75) is 18.5 Å². The number of amides is 1. The fourth-order valence-electron chi connectivity index (χ4n) is 1.99. The molecule has 5 heteroatoms. The Morgan fingerprint density at radius 3 is 2.68 bits per heavy atom. The Labute approximate surface area is 108 Å². The Kier molecular flexibility index (Phi) is 3.46. The molecule has 0 saturated carbocycles. The number of nitrogens with two attached hydrogens (primary N) is 1. The maximum absolute atomic E-state index is 12.6. The summed E-state index contributed by atoms with van der Waals surface area (Å²) in [6.45, 7) is 0. The third kappa shape index (κ3) is 3.05. The number of halogens is 3. The second-order valence-electron chi connectivity index (χ2n) is 4.34.